The Morgan fingerprint density at radius 3 is 3.14 bits per heavy atom. The number of ether oxygens (including phenoxy) is 1. The Labute approximate surface area is 86.8 Å². The number of hydrazine groups is 1. The van der Waals surface area contributed by atoms with E-state index in [1.54, 1.807) is 11.3 Å². The number of hydrogen-bond acceptors (Lipinski definition) is 5. The minimum absolute atomic E-state index is 0.0581. The molecule has 0 radical (unpaired) electrons. The summed E-state index contributed by atoms with van der Waals surface area (Å²) in [6.45, 7) is 0.809. The van der Waals surface area contributed by atoms with Gasteiger partial charge >= 0.3 is 0 Å². The molecular formula is C9H13N3OS. The van der Waals surface area contributed by atoms with Crippen LogP contribution in [0.5, 0.6) is 0 Å². The van der Waals surface area contributed by atoms with E-state index in [0.717, 1.165) is 24.3 Å². The summed E-state index contributed by atoms with van der Waals surface area (Å²) < 4.78 is 5.29. The van der Waals surface area contributed by atoms with Crippen LogP contribution in [0.4, 0.5) is 0 Å². The van der Waals surface area contributed by atoms with Crippen molar-refractivity contribution in [2.75, 3.05) is 6.61 Å². The van der Waals surface area contributed by atoms with Gasteiger partial charge in [-0.2, -0.15) is 0 Å². The fraction of sp³-hybridized carbons (Fsp3) is 0.444. The second-order valence-corrected chi connectivity index (χ2v) is 4.09. The molecule has 0 aliphatic carbocycles. The van der Waals surface area contributed by atoms with Crippen molar-refractivity contribution in [3.63, 3.8) is 0 Å². The van der Waals surface area contributed by atoms with Crippen molar-refractivity contribution in [3.05, 3.63) is 28.4 Å². The van der Waals surface area contributed by atoms with E-state index >= 15 is 0 Å². The first-order chi connectivity index (χ1) is 6.92. The predicted octanol–water partition coefficient (Wildman–Crippen LogP) is 1.34. The summed E-state index contributed by atoms with van der Waals surface area (Å²) in [5.41, 5.74) is 5.80. The molecule has 1 atom stereocenters. The smallest absolute Gasteiger partial charge is 0.0876 e. The molecule has 0 fully saturated rings. The SMILES string of the molecule is NNC(C1=COCCC1)c1cncs1. The zero-order valence-corrected chi connectivity index (χ0v) is 8.59. The Morgan fingerprint density at radius 2 is 2.57 bits per heavy atom. The Kier molecular flexibility index (Phi) is 3.13. The van der Waals surface area contributed by atoms with Crippen LogP contribution in [0.2, 0.25) is 0 Å². The molecule has 2 rings (SSSR count). The molecular weight excluding hydrogens is 198 g/mol. The third-order valence-corrected chi connectivity index (χ3v) is 3.08. The van der Waals surface area contributed by atoms with Crippen LogP contribution in [0.1, 0.15) is 23.8 Å². The van der Waals surface area contributed by atoms with Gasteiger partial charge in [0.25, 0.3) is 0 Å². The highest BCUT2D eigenvalue weighted by molar-refractivity contribution is 7.09. The van der Waals surface area contributed by atoms with Crippen LogP contribution in [-0.4, -0.2) is 11.6 Å². The van der Waals surface area contributed by atoms with Gasteiger partial charge in [0.05, 0.1) is 24.4 Å². The number of nitrogens with two attached hydrogens (primary N) is 1. The number of rotatable bonds is 3. The Hall–Kier alpha value is -0.910. The molecule has 5 heteroatoms. The van der Waals surface area contributed by atoms with E-state index in [2.05, 4.69) is 10.4 Å². The van der Waals surface area contributed by atoms with Crippen molar-refractivity contribution in [2.45, 2.75) is 18.9 Å². The van der Waals surface area contributed by atoms with Crippen molar-refractivity contribution in [1.29, 1.82) is 0 Å². The average molecular weight is 211 g/mol. The standard InChI is InChI=1S/C9H13N3OS/c10-12-9(8-4-11-6-14-8)7-2-1-3-13-5-7/h4-6,9,12H,1-3,10H2. The molecule has 3 N–H and O–H groups in total. The van der Waals surface area contributed by atoms with Crippen LogP contribution in [-0.2, 0) is 4.74 Å². The molecule has 4 nitrogen and oxygen atoms in total. The summed E-state index contributed by atoms with van der Waals surface area (Å²) >= 11 is 1.60. The van der Waals surface area contributed by atoms with Crippen LogP contribution in [0.25, 0.3) is 0 Å². The van der Waals surface area contributed by atoms with Crippen LogP contribution in [0.3, 0.4) is 0 Å². The number of hydrogen-bond donors (Lipinski definition) is 2. The van der Waals surface area contributed by atoms with E-state index in [1.807, 2.05) is 18.0 Å². The molecule has 1 aliphatic heterocycles. The van der Waals surface area contributed by atoms with Crippen LogP contribution < -0.4 is 11.3 Å². The summed E-state index contributed by atoms with van der Waals surface area (Å²) in [5.74, 6) is 5.53. The van der Waals surface area contributed by atoms with Gasteiger partial charge in [-0.25, -0.2) is 5.43 Å². The fourth-order valence-electron chi connectivity index (χ4n) is 1.54. The number of nitrogens with zero attached hydrogens (tertiary/aromatic N) is 1. The maximum absolute atomic E-state index is 5.53. The third kappa shape index (κ3) is 1.95. The molecule has 1 aromatic heterocycles. The monoisotopic (exact) mass is 211 g/mol. The van der Waals surface area contributed by atoms with Crippen molar-refractivity contribution in [1.82, 2.24) is 10.4 Å². The Morgan fingerprint density at radius 1 is 1.64 bits per heavy atom. The molecule has 1 aliphatic rings. The van der Waals surface area contributed by atoms with Gasteiger partial charge in [-0.15, -0.1) is 11.3 Å². The third-order valence-electron chi connectivity index (χ3n) is 2.24. The van der Waals surface area contributed by atoms with Gasteiger partial charge in [0.2, 0.25) is 0 Å². The molecule has 1 unspecified atom stereocenters. The van der Waals surface area contributed by atoms with Gasteiger partial charge in [-0.05, 0) is 18.4 Å². The molecule has 1 aromatic rings. The van der Waals surface area contributed by atoms with Crippen LogP contribution >= 0.6 is 11.3 Å². The van der Waals surface area contributed by atoms with Crippen LogP contribution in [0, 0.1) is 0 Å². The van der Waals surface area contributed by atoms with E-state index < -0.39 is 0 Å². The van der Waals surface area contributed by atoms with Crippen molar-refractivity contribution in [2.24, 2.45) is 5.84 Å². The zero-order chi connectivity index (χ0) is 9.80. The van der Waals surface area contributed by atoms with E-state index in [9.17, 15) is 0 Å². The summed E-state index contributed by atoms with van der Waals surface area (Å²) in [6, 6.07) is 0.0581. The minimum Gasteiger partial charge on any atom is -0.501 e. The Bertz CT molecular complexity index is 310. The lowest BCUT2D eigenvalue weighted by molar-refractivity contribution is 0.219. The molecule has 0 aromatic carbocycles. The summed E-state index contributed by atoms with van der Waals surface area (Å²) in [5, 5.41) is 0. The number of aromatic nitrogens is 1. The van der Waals surface area contributed by atoms with E-state index in [0.29, 0.717) is 0 Å². The lowest BCUT2D eigenvalue weighted by Gasteiger charge is -2.21. The van der Waals surface area contributed by atoms with Gasteiger partial charge in [-0.1, -0.05) is 0 Å². The lowest BCUT2D eigenvalue weighted by atomic mass is 10.0. The quantitative estimate of drug-likeness (QED) is 0.585. The number of nitrogens with one attached hydrogen (secondary N) is 1. The predicted molar refractivity (Wildman–Crippen MR) is 55.4 cm³/mol. The summed E-state index contributed by atoms with van der Waals surface area (Å²) in [7, 11) is 0. The molecule has 0 amide bonds. The summed E-state index contributed by atoms with van der Waals surface area (Å²) in [6.07, 6.45) is 5.74. The van der Waals surface area contributed by atoms with E-state index in [1.165, 1.54) is 5.57 Å². The van der Waals surface area contributed by atoms with Crippen molar-refractivity contribution < 1.29 is 4.74 Å². The zero-order valence-electron chi connectivity index (χ0n) is 7.77. The van der Waals surface area contributed by atoms with Crippen molar-refractivity contribution in [3.8, 4) is 0 Å². The van der Waals surface area contributed by atoms with E-state index in [4.69, 9.17) is 10.6 Å². The first-order valence-electron chi connectivity index (χ1n) is 4.57. The molecule has 0 saturated heterocycles. The van der Waals surface area contributed by atoms with E-state index in [-0.39, 0.29) is 6.04 Å². The summed E-state index contributed by atoms with van der Waals surface area (Å²) in [4.78, 5) is 5.17. The van der Waals surface area contributed by atoms with Gasteiger partial charge in [0.1, 0.15) is 0 Å². The van der Waals surface area contributed by atoms with Crippen LogP contribution in [0.15, 0.2) is 23.5 Å². The maximum Gasteiger partial charge on any atom is 0.0876 e. The first-order valence-corrected chi connectivity index (χ1v) is 5.45. The maximum atomic E-state index is 5.53. The molecule has 0 spiro atoms. The van der Waals surface area contributed by atoms with Gasteiger partial charge < -0.3 is 4.74 Å². The van der Waals surface area contributed by atoms with Crippen molar-refractivity contribution >= 4 is 11.3 Å². The fourth-order valence-corrected chi connectivity index (χ4v) is 2.26. The highest BCUT2D eigenvalue weighted by atomic mass is 32.1. The lowest BCUT2D eigenvalue weighted by Crippen LogP contribution is -2.29. The molecule has 0 bridgehead atoms. The Balaban J connectivity index is 2.16. The van der Waals surface area contributed by atoms with Gasteiger partial charge in [-0.3, -0.25) is 10.8 Å². The van der Waals surface area contributed by atoms with Gasteiger partial charge in [0.15, 0.2) is 0 Å². The highest BCUT2D eigenvalue weighted by Crippen LogP contribution is 2.28. The normalized spacial score (nSPS) is 18.5. The highest BCUT2D eigenvalue weighted by Gasteiger charge is 2.18. The first kappa shape index (κ1) is 9.64. The molecule has 0 saturated carbocycles. The topological polar surface area (TPSA) is 60.2 Å². The molecule has 76 valence electrons. The largest absolute Gasteiger partial charge is 0.501 e. The minimum atomic E-state index is 0.0581. The second-order valence-electron chi connectivity index (χ2n) is 3.17. The molecule has 14 heavy (non-hydrogen) atoms. The number of thiazole rings is 1. The second kappa shape index (κ2) is 4.54. The average Bonchev–Trinajstić information content (AvgIpc) is 2.74. The molecule has 2 heterocycles. The van der Waals surface area contributed by atoms with Gasteiger partial charge in [0, 0.05) is 11.1 Å².